The fraction of sp³-hybridized carbons (Fsp3) is 0.182. The van der Waals surface area contributed by atoms with Gasteiger partial charge in [-0.05, 0) is 73.0 Å². The van der Waals surface area contributed by atoms with Crippen molar-refractivity contribution >= 4 is 17.4 Å². The topological polar surface area (TPSA) is 89.0 Å². The average Bonchev–Trinajstić information content (AvgIpc) is 3.22. The van der Waals surface area contributed by atoms with E-state index in [-0.39, 0.29) is 17.9 Å². The minimum absolute atomic E-state index is 0.0338. The Morgan fingerprint density at radius 1 is 0.900 bits per heavy atom. The third-order valence-electron chi connectivity index (χ3n) is 6.74. The maximum atomic E-state index is 13.4. The summed E-state index contributed by atoms with van der Waals surface area (Å²) in [5.41, 5.74) is 4.12. The summed E-state index contributed by atoms with van der Waals surface area (Å²) < 4.78 is 11.5. The normalized spacial score (nSPS) is 16.2. The lowest BCUT2D eigenvalue weighted by Crippen LogP contribution is -2.29. The number of nitrogens with zero attached hydrogens (tertiary/aromatic N) is 2. The highest BCUT2D eigenvalue weighted by molar-refractivity contribution is 6.46. The molecule has 1 atom stereocenters. The minimum Gasteiger partial charge on any atom is -0.507 e. The van der Waals surface area contributed by atoms with Crippen LogP contribution >= 0.6 is 0 Å². The number of hydrogen-bond donors (Lipinski definition) is 1. The summed E-state index contributed by atoms with van der Waals surface area (Å²) in [6, 6.07) is 25.0. The van der Waals surface area contributed by atoms with Gasteiger partial charge in [-0.2, -0.15) is 0 Å². The van der Waals surface area contributed by atoms with E-state index >= 15 is 0 Å². The van der Waals surface area contributed by atoms with Gasteiger partial charge in [0.05, 0.1) is 18.2 Å². The summed E-state index contributed by atoms with van der Waals surface area (Å²) in [4.78, 5) is 32.2. The molecule has 1 amide bonds. The van der Waals surface area contributed by atoms with E-state index in [1.807, 2.05) is 50.2 Å². The number of hydrogen-bond acceptors (Lipinski definition) is 6. The first-order valence-corrected chi connectivity index (χ1v) is 13.1. The predicted molar refractivity (Wildman–Crippen MR) is 152 cm³/mol. The molecule has 0 bridgehead atoms. The standard InChI is InChI=1S/C33H30N2O5/c1-3-39-27-13-9-25(10-14-27)30-29(32(37)33(38)35(30)20-24-8-5-17-34-19-24)31(36)26-11-15-28(16-12-26)40-21-23-7-4-6-22(2)18-23/h4-19,30,36H,3,20-21H2,1-2H3/t30-/m1/s1. The van der Waals surface area contributed by atoms with Gasteiger partial charge in [0.15, 0.2) is 0 Å². The number of likely N-dealkylation sites (tertiary alicyclic amines) is 1. The van der Waals surface area contributed by atoms with E-state index in [9.17, 15) is 14.7 Å². The van der Waals surface area contributed by atoms with Crippen molar-refractivity contribution in [2.24, 2.45) is 0 Å². The molecule has 3 aromatic carbocycles. The van der Waals surface area contributed by atoms with Crippen LogP contribution in [0.5, 0.6) is 11.5 Å². The molecule has 0 radical (unpaired) electrons. The van der Waals surface area contributed by atoms with Crippen LogP contribution in [0.25, 0.3) is 5.76 Å². The Hall–Kier alpha value is -4.91. The second-order valence-electron chi connectivity index (χ2n) is 9.59. The Morgan fingerprint density at radius 3 is 2.27 bits per heavy atom. The maximum Gasteiger partial charge on any atom is 0.295 e. The molecule has 2 heterocycles. The van der Waals surface area contributed by atoms with E-state index < -0.39 is 17.7 Å². The van der Waals surface area contributed by atoms with Gasteiger partial charge in [0.25, 0.3) is 11.7 Å². The van der Waals surface area contributed by atoms with E-state index in [0.29, 0.717) is 35.8 Å². The molecule has 0 saturated carbocycles. The number of aryl methyl sites for hydroxylation is 1. The van der Waals surface area contributed by atoms with E-state index in [2.05, 4.69) is 11.1 Å². The summed E-state index contributed by atoms with van der Waals surface area (Å²) in [5, 5.41) is 11.4. The van der Waals surface area contributed by atoms with Gasteiger partial charge in [0.2, 0.25) is 0 Å². The van der Waals surface area contributed by atoms with Gasteiger partial charge in [0.1, 0.15) is 23.9 Å². The summed E-state index contributed by atoms with van der Waals surface area (Å²) in [7, 11) is 0. The lowest BCUT2D eigenvalue weighted by molar-refractivity contribution is -0.140. The number of rotatable bonds is 9. The van der Waals surface area contributed by atoms with Crippen LogP contribution in [-0.4, -0.2) is 33.3 Å². The Kier molecular flexibility index (Phi) is 7.92. The number of ether oxygens (including phenoxy) is 2. The van der Waals surface area contributed by atoms with Crippen molar-refractivity contribution in [1.29, 1.82) is 0 Å². The third kappa shape index (κ3) is 5.73. The molecule has 1 saturated heterocycles. The van der Waals surface area contributed by atoms with Crippen LogP contribution in [-0.2, 0) is 22.7 Å². The molecule has 202 valence electrons. The average molecular weight is 535 g/mol. The summed E-state index contributed by atoms with van der Waals surface area (Å²) in [6.45, 7) is 5.02. The maximum absolute atomic E-state index is 13.4. The van der Waals surface area contributed by atoms with Gasteiger partial charge in [-0.3, -0.25) is 14.6 Å². The number of pyridine rings is 1. The Bertz CT molecular complexity index is 1530. The van der Waals surface area contributed by atoms with Crippen molar-refractivity contribution in [2.75, 3.05) is 6.61 Å². The first-order chi connectivity index (χ1) is 19.4. The summed E-state index contributed by atoms with van der Waals surface area (Å²) >= 11 is 0. The lowest BCUT2D eigenvalue weighted by Gasteiger charge is -2.25. The lowest BCUT2D eigenvalue weighted by atomic mass is 9.95. The molecule has 1 aromatic heterocycles. The molecule has 0 unspecified atom stereocenters. The first kappa shape index (κ1) is 26.7. The molecule has 1 aliphatic heterocycles. The molecular formula is C33H30N2O5. The van der Waals surface area contributed by atoms with Gasteiger partial charge in [-0.25, -0.2) is 0 Å². The van der Waals surface area contributed by atoms with E-state index in [0.717, 1.165) is 16.7 Å². The van der Waals surface area contributed by atoms with Gasteiger partial charge in [0, 0.05) is 24.5 Å². The van der Waals surface area contributed by atoms with Gasteiger partial charge < -0.3 is 19.5 Å². The molecule has 0 aliphatic carbocycles. The van der Waals surface area contributed by atoms with Crippen molar-refractivity contribution in [2.45, 2.75) is 33.0 Å². The van der Waals surface area contributed by atoms with Crippen molar-refractivity contribution in [3.8, 4) is 11.5 Å². The molecular weight excluding hydrogens is 504 g/mol. The second kappa shape index (κ2) is 11.9. The molecule has 1 N–H and O–H groups in total. The smallest absolute Gasteiger partial charge is 0.295 e. The van der Waals surface area contributed by atoms with Crippen molar-refractivity contribution < 1.29 is 24.2 Å². The van der Waals surface area contributed by atoms with Crippen LogP contribution in [0, 0.1) is 6.92 Å². The molecule has 4 aromatic rings. The van der Waals surface area contributed by atoms with Crippen molar-refractivity contribution in [1.82, 2.24) is 9.88 Å². The van der Waals surface area contributed by atoms with E-state index in [1.165, 1.54) is 4.90 Å². The molecule has 7 heteroatoms. The number of amides is 1. The van der Waals surface area contributed by atoms with Gasteiger partial charge in [-0.15, -0.1) is 0 Å². The Labute approximate surface area is 233 Å². The zero-order valence-electron chi connectivity index (χ0n) is 22.4. The minimum atomic E-state index is -0.784. The number of benzene rings is 3. The highest BCUT2D eigenvalue weighted by Gasteiger charge is 2.46. The molecule has 7 nitrogen and oxygen atoms in total. The Balaban J connectivity index is 1.47. The van der Waals surface area contributed by atoms with Gasteiger partial charge in [-0.1, -0.05) is 48.0 Å². The van der Waals surface area contributed by atoms with Crippen LogP contribution in [0.1, 0.15) is 40.8 Å². The SMILES string of the molecule is CCOc1ccc([C@@H]2C(=C(O)c3ccc(OCc4cccc(C)c4)cc3)C(=O)C(=O)N2Cc2cccnc2)cc1. The highest BCUT2D eigenvalue weighted by atomic mass is 16.5. The molecule has 5 rings (SSSR count). The largest absolute Gasteiger partial charge is 0.507 e. The number of ketones is 1. The monoisotopic (exact) mass is 534 g/mol. The van der Waals surface area contributed by atoms with Crippen LogP contribution in [0.3, 0.4) is 0 Å². The van der Waals surface area contributed by atoms with Crippen molar-refractivity contribution in [3.63, 3.8) is 0 Å². The molecule has 0 spiro atoms. The number of aliphatic hydroxyl groups is 1. The number of carbonyl (C=O) groups excluding carboxylic acids is 2. The molecule has 1 fully saturated rings. The highest BCUT2D eigenvalue weighted by Crippen LogP contribution is 2.40. The summed E-state index contributed by atoms with van der Waals surface area (Å²) in [5.74, 6) is -0.353. The van der Waals surface area contributed by atoms with E-state index in [4.69, 9.17) is 9.47 Å². The van der Waals surface area contributed by atoms with Crippen LogP contribution in [0.2, 0.25) is 0 Å². The zero-order valence-corrected chi connectivity index (χ0v) is 22.4. The number of aromatic nitrogens is 1. The molecule has 40 heavy (non-hydrogen) atoms. The first-order valence-electron chi connectivity index (χ1n) is 13.1. The second-order valence-corrected chi connectivity index (χ2v) is 9.59. The Morgan fingerprint density at radius 2 is 1.60 bits per heavy atom. The van der Waals surface area contributed by atoms with Gasteiger partial charge >= 0.3 is 0 Å². The molecule has 1 aliphatic rings. The van der Waals surface area contributed by atoms with Crippen LogP contribution < -0.4 is 9.47 Å². The van der Waals surface area contributed by atoms with Crippen molar-refractivity contribution in [3.05, 3.63) is 131 Å². The fourth-order valence-electron chi connectivity index (χ4n) is 4.82. The van der Waals surface area contributed by atoms with Crippen LogP contribution in [0.4, 0.5) is 0 Å². The quantitative estimate of drug-likeness (QED) is 0.161. The van der Waals surface area contributed by atoms with E-state index in [1.54, 1.807) is 54.9 Å². The zero-order chi connectivity index (χ0) is 28.1. The van der Waals surface area contributed by atoms with Crippen LogP contribution in [0.15, 0.2) is 103 Å². The number of aliphatic hydroxyl groups excluding tert-OH is 1. The number of carbonyl (C=O) groups is 2. The predicted octanol–water partition coefficient (Wildman–Crippen LogP) is 5.99. The summed E-state index contributed by atoms with van der Waals surface area (Å²) in [6.07, 6.45) is 3.31. The number of Topliss-reactive ketones (excluding diaryl/α,β-unsaturated/α-hetero) is 1. The third-order valence-corrected chi connectivity index (χ3v) is 6.74. The fourth-order valence-corrected chi connectivity index (χ4v) is 4.82.